The van der Waals surface area contributed by atoms with Crippen molar-refractivity contribution in [1.29, 1.82) is 0 Å². The maximum absolute atomic E-state index is 5.18. The van der Waals surface area contributed by atoms with E-state index in [9.17, 15) is 0 Å². The third-order valence-corrected chi connectivity index (χ3v) is 4.04. The molecule has 5 heteroatoms. The zero-order valence-corrected chi connectivity index (χ0v) is 13.5. The molecule has 0 unspecified atom stereocenters. The molecule has 0 bridgehead atoms. The van der Waals surface area contributed by atoms with Crippen molar-refractivity contribution >= 4 is 28.8 Å². The SMILES string of the molecule is CCNC(=S)Nc1ccc(N2CCc3ccccc3C2)nc1. The van der Waals surface area contributed by atoms with E-state index in [0.29, 0.717) is 5.11 Å². The molecule has 114 valence electrons. The molecular formula is C17H20N4S. The van der Waals surface area contributed by atoms with E-state index < -0.39 is 0 Å². The van der Waals surface area contributed by atoms with Crippen molar-refractivity contribution in [3.05, 3.63) is 53.7 Å². The molecule has 2 aromatic rings. The Bertz CT molecular complexity index is 654. The first-order valence-electron chi connectivity index (χ1n) is 7.59. The van der Waals surface area contributed by atoms with Crippen LogP contribution >= 0.6 is 12.2 Å². The van der Waals surface area contributed by atoms with Gasteiger partial charge < -0.3 is 15.5 Å². The van der Waals surface area contributed by atoms with E-state index in [1.54, 1.807) is 0 Å². The van der Waals surface area contributed by atoms with Gasteiger partial charge in [-0.2, -0.15) is 0 Å². The van der Waals surface area contributed by atoms with Gasteiger partial charge in [0.2, 0.25) is 0 Å². The van der Waals surface area contributed by atoms with Crippen molar-refractivity contribution in [1.82, 2.24) is 10.3 Å². The Morgan fingerprint density at radius 1 is 1.23 bits per heavy atom. The van der Waals surface area contributed by atoms with Crippen LogP contribution < -0.4 is 15.5 Å². The van der Waals surface area contributed by atoms with Crippen molar-refractivity contribution < 1.29 is 0 Å². The lowest BCUT2D eigenvalue weighted by Crippen LogP contribution is -2.31. The number of fused-ring (bicyclic) bond motifs is 1. The first-order chi connectivity index (χ1) is 10.8. The quantitative estimate of drug-likeness (QED) is 0.853. The predicted octanol–water partition coefficient (Wildman–Crippen LogP) is 2.95. The molecule has 2 N–H and O–H groups in total. The molecule has 0 amide bonds. The number of thiocarbonyl (C=S) groups is 1. The van der Waals surface area contributed by atoms with Crippen LogP contribution in [-0.4, -0.2) is 23.2 Å². The Kier molecular flexibility index (Phi) is 4.53. The molecule has 1 aliphatic heterocycles. The second kappa shape index (κ2) is 6.75. The van der Waals surface area contributed by atoms with Gasteiger partial charge in [0.25, 0.3) is 0 Å². The summed E-state index contributed by atoms with van der Waals surface area (Å²) < 4.78 is 0. The van der Waals surface area contributed by atoms with Gasteiger partial charge in [0.1, 0.15) is 5.82 Å². The minimum atomic E-state index is 0.629. The first kappa shape index (κ1) is 14.8. The molecule has 1 aliphatic rings. The summed E-state index contributed by atoms with van der Waals surface area (Å²) in [5, 5.41) is 6.82. The van der Waals surface area contributed by atoms with Crippen LogP contribution in [0.15, 0.2) is 42.6 Å². The molecule has 0 aliphatic carbocycles. The van der Waals surface area contributed by atoms with Crippen LogP contribution in [0, 0.1) is 0 Å². The number of rotatable bonds is 3. The van der Waals surface area contributed by atoms with E-state index >= 15 is 0 Å². The average Bonchev–Trinajstić information content (AvgIpc) is 2.55. The van der Waals surface area contributed by atoms with Crippen molar-refractivity contribution in [3.63, 3.8) is 0 Å². The predicted molar refractivity (Wildman–Crippen MR) is 95.3 cm³/mol. The minimum Gasteiger partial charge on any atom is -0.363 e. The maximum atomic E-state index is 5.18. The van der Waals surface area contributed by atoms with Gasteiger partial charge in [-0.05, 0) is 48.8 Å². The summed E-state index contributed by atoms with van der Waals surface area (Å²) in [4.78, 5) is 6.88. The minimum absolute atomic E-state index is 0.629. The van der Waals surface area contributed by atoms with Gasteiger partial charge in [-0.3, -0.25) is 0 Å². The molecule has 3 rings (SSSR count). The highest BCUT2D eigenvalue weighted by atomic mass is 32.1. The van der Waals surface area contributed by atoms with Gasteiger partial charge in [-0.25, -0.2) is 4.98 Å². The topological polar surface area (TPSA) is 40.2 Å². The largest absolute Gasteiger partial charge is 0.363 e. The number of anilines is 2. The van der Waals surface area contributed by atoms with Gasteiger partial charge in [0.05, 0.1) is 11.9 Å². The van der Waals surface area contributed by atoms with Gasteiger partial charge >= 0.3 is 0 Å². The zero-order chi connectivity index (χ0) is 15.4. The third-order valence-electron chi connectivity index (χ3n) is 3.80. The van der Waals surface area contributed by atoms with Crippen molar-refractivity contribution in [2.24, 2.45) is 0 Å². The maximum Gasteiger partial charge on any atom is 0.170 e. The van der Waals surface area contributed by atoms with Gasteiger partial charge in [0.15, 0.2) is 5.11 Å². The number of benzene rings is 1. The monoisotopic (exact) mass is 312 g/mol. The molecule has 1 aromatic heterocycles. The van der Waals surface area contributed by atoms with E-state index in [1.807, 2.05) is 25.3 Å². The van der Waals surface area contributed by atoms with E-state index in [0.717, 1.165) is 37.6 Å². The van der Waals surface area contributed by atoms with Crippen molar-refractivity contribution in [2.45, 2.75) is 19.9 Å². The molecule has 0 spiro atoms. The van der Waals surface area contributed by atoms with Crippen LogP contribution in [0.1, 0.15) is 18.1 Å². The second-order valence-electron chi connectivity index (χ2n) is 5.33. The van der Waals surface area contributed by atoms with E-state index in [-0.39, 0.29) is 0 Å². The lowest BCUT2D eigenvalue weighted by atomic mass is 10.00. The fourth-order valence-electron chi connectivity index (χ4n) is 2.67. The highest BCUT2D eigenvalue weighted by Crippen LogP contribution is 2.23. The summed E-state index contributed by atoms with van der Waals surface area (Å²) in [7, 11) is 0. The fourth-order valence-corrected chi connectivity index (χ4v) is 2.94. The van der Waals surface area contributed by atoms with Crippen LogP contribution in [-0.2, 0) is 13.0 Å². The van der Waals surface area contributed by atoms with Gasteiger partial charge in [-0.15, -0.1) is 0 Å². The molecular weight excluding hydrogens is 292 g/mol. The van der Waals surface area contributed by atoms with E-state index in [1.165, 1.54) is 11.1 Å². The highest BCUT2D eigenvalue weighted by Gasteiger charge is 2.16. The zero-order valence-electron chi connectivity index (χ0n) is 12.7. The number of nitrogens with zero attached hydrogens (tertiary/aromatic N) is 2. The standard InChI is InChI=1S/C17H20N4S/c1-2-18-17(22)20-15-7-8-16(19-11-15)21-10-9-13-5-3-4-6-14(13)12-21/h3-8,11H,2,9-10,12H2,1H3,(H2,18,20,22). The molecule has 0 saturated heterocycles. The normalized spacial score (nSPS) is 13.4. The average molecular weight is 312 g/mol. The van der Waals surface area contributed by atoms with Crippen LogP contribution in [0.5, 0.6) is 0 Å². The van der Waals surface area contributed by atoms with Gasteiger partial charge in [-0.1, -0.05) is 24.3 Å². The number of hydrogen-bond donors (Lipinski definition) is 2. The molecule has 0 radical (unpaired) electrons. The van der Waals surface area contributed by atoms with E-state index in [4.69, 9.17) is 12.2 Å². The first-order valence-corrected chi connectivity index (χ1v) is 7.99. The summed E-state index contributed by atoms with van der Waals surface area (Å²) in [5.41, 5.74) is 3.76. The Morgan fingerprint density at radius 2 is 2.05 bits per heavy atom. The van der Waals surface area contributed by atoms with Crippen LogP contribution in [0.3, 0.4) is 0 Å². The molecule has 1 aromatic carbocycles. The second-order valence-corrected chi connectivity index (χ2v) is 5.74. The smallest absolute Gasteiger partial charge is 0.170 e. The summed E-state index contributed by atoms with van der Waals surface area (Å²) in [5.74, 6) is 1.01. The van der Waals surface area contributed by atoms with E-state index in [2.05, 4.69) is 44.8 Å². The van der Waals surface area contributed by atoms with Crippen LogP contribution in [0.2, 0.25) is 0 Å². The Morgan fingerprint density at radius 3 is 2.77 bits per heavy atom. The number of aromatic nitrogens is 1. The molecule has 0 atom stereocenters. The number of hydrogen-bond acceptors (Lipinski definition) is 3. The fraction of sp³-hybridized carbons (Fsp3) is 0.294. The summed E-state index contributed by atoms with van der Waals surface area (Å²) >= 11 is 5.18. The Labute approximate surface area is 136 Å². The molecule has 2 heterocycles. The third kappa shape index (κ3) is 3.36. The van der Waals surface area contributed by atoms with Crippen molar-refractivity contribution in [2.75, 3.05) is 23.3 Å². The lowest BCUT2D eigenvalue weighted by Gasteiger charge is -2.29. The van der Waals surface area contributed by atoms with Crippen LogP contribution in [0.4, 0.5) is 11.5 Å². The number of pyridine rings is 1. The summed E-state index contributed by atoms with van der Waals surface area (Å²) in [6.07, 6.45) is 2.90. The lowest BCUT2D eigenvalue weighted by molar-refractivity contribution is 0.721. The Hall–Kier alpha value is -2.14. The van der Waals surface area contributed by atoms with Crippen LogP contribution in [0.25, 0.3) is 0 Å². The molecule has 22 heavy (non-hydrogen) atoms. The van der Waals surface area contributed by atoms with Gasteiger partial charge in [0, 0.05) is 19.6 Å². The highest BCUT2D eigenvalue weighted by molar-refractivity contribution is 7.80. The molecule has 0 saturated carbocycles. The molecule has 4 nitrogen and oxygen atoms in total. The summed E-state index contributed by atoms with van der Waals surface area (Å²) in [6.45, 7) is 4.76. The summed E-state index contributed by atoms with van der Waals surface area (Å²) in [6, 6.07) is 12.7. The number of nitrogens with one attached hydrogen (secondary N) is 2. The Balaban J connectivity index is 1.68. The molecule has 0 fully saturated rings. The van der Waals surface area contributed by atoms with Crippen molar-refractivity contribution in [3.8, 4) is 0 Å².